The smallest absolute Gasteiger partial charge is 0.0548 e. The molecule has 0 amide bonds. The van der Waals surface area contributed by atoms with E-state index in [0.29, 0.717) is 0 Å². The molecule has 14 heavy (non-hydrogen) atoms. The maximum Gasteiger partial charge on any atom is 0.0548 e. The van der Waals surface area contributed by atoms with E-state index in [0.717, 1.165) is 27.9 Å². The molecule has 0 heterocycles. The van der Waals surface area contributed by atoms with Crippen molar-refractivity contribution in [2.75, 3.05) is 0 Å². The van der Waals surface area contributed by atoms with Crippen molar-refractivity contribution in [3.05, 3.63) is 33.3 Å². The number of nitrogens with two attached hydrogens (primary N) is 1. The van der Waals surface area contributed by atoms with Gasteiger partial charge in [-0.2, -0.15) is 0 Å². The topological polar surface area (TPSA) is 38.0 Å². The van der Waals surface area contributed by atoms with Crippen molar-refractivity contribution < 1.29 is 0 Å². The molecule has 0 aromatic heterocycles. The Morgan fingerprint density at radius 2 is 2.29 bits per heavy atom. The first-order valence-electron chi connectivity index (χ1n) is 4.60. The molecule has 1 unspecified atom stereocenters. The van der Waals surface area contributed by atoms with Crippen LogP contribution in [0.1, 0.15) is 31.4 Å². The quantitative estimate of drug-likeness (QED) is 0.654. The van der Waals surface area contributed by atoms with Crippen molar-refractivity contribution >= 4 is 27.5 Å². The van der Waals surface area contributed by atoms with Gasteiger partial charge in [0.1, 0.15) is 0 Å². The van der Waals surface area contributed by atoms with Crippen molar-refractivity contribution in [2.45, 2.75) is 25.8 Å². The standard InChI is InChI=1S/C10H14BrClN2/c1-2-3-10(14-13)7-4-5-9(12)8(11)6-7/h4-6,10,14H,2-3,13H2,1H3. The average molecular weight is 278 g/mol. The fraction of sp³-hybridized carbons (Fsp3) is 0.400. The summed E-state index contributed by atoms with van der Waals surface area (Å²) in [6.45, 7) is 2.13. The van der Waals surface area contributed by atoms with E-state index >= 15 is 0 Å². The SMILES string of the molecule is CCCC(NN)c1ccc(Cl)c(Br)c1. The van der Waals surface area contributed by atoms with Gasteiger partial charge < -0.3 is 0 Å². The predicted octanol–water partition coefficient (Wildman–Crippen LogP) is 3.41. The van der Waals surface area contributed by atoms with Crippen molar-refractivity contribution in [1.29, 1.82) is 0 Å². The Labute approximate surface area is 97.9 Å². The largest absolute Gasteiger partial charge is 0.271 e. The molecule has 0 saturated carbocycles. The van der Waals surface area contributed by atoms with Crippen LogP contribution in [0, 0.1) is 0 Å². The van der Waals surface area contributed by atoms with Crippen LogP contribution in [0.4, 0.5) is 0 Å². The summed E-state index contributed by atoms with van der Waals surface area (Å²) in [7, 11) is 0. The third-order valence-corrected chi connectivity index (χ3v) is 3.34. The van der Waals surface area contributed by atoms with Crippen LogP contribution in [0.15, 0.2) is 22.7 Å². The van der Waals surface area contributed by atoms with Gasteiger partial charge in [0, 0.05) is 10.5 Å². The summed E-state index contributed by atoms with van der Waals surface area (Å²) in [5.74, 6) is 5.48. The number of nitrogens with one attached hydrogen (secondary N) is 1. The summed E-state index contributed by atoms with van der Waals surface area (Å²) in [5, 5.41) is 0.723. The number of hydrogen-bond donors (Lipinski definition) is 2. The van der Waals surface area contributed by atoms with E-state index in [1.165, 1.54) is 0 Å². The third-order valence-electron chi connectivity index (χ3n) is 2.12. The minimum atomic E-state index is 0.202. The number of rotatable bonds is 4. The first kappa shape index (κ1) is 12.0. The van der Waals surface area contributed by atoms with Crippen molar-refractivity contribution in [1.82, 2.24) is 5.43 Å². The number of halogens is 2. The summed E-state index contributed by atoms with van der Waals surface area (Å²) in [6, 6.07) is 6.07. The lowest BCUT2D eigenvalue weighted by Gasteiger charge is -2.15. The molecule has 78 valence electrons. The fourth-order valence-corrected chi connectivity index (χ4v) is 1.88. The second-order valence-electron chi connectivity index (χ2n) is 3.18. The molecule has 0 saturated heterocycles. The summed E-state index contributed by atoms with van der Waals surface area (Å²) in [4.78, 5) is 0. The maximum absolute atomic E-state index is 5.91. The van der Waals surface area contributed by atoms with Crippen LogP contribution in [0.25, 0.3) is 0 Å². The van der Waals surface area contributed by atoms with Crippen LogP contribution < -0.4 is 11.3 Å². The van der Waals surface area contributed by atoms with E-state index in [9.17, 15) is 0 Å². The molecule has 0 radical (unpaired) electrons. The van der Waals surface area contributed by atoms with Crippen molar-refractivity contribution in [3.8, 4) is 0 Å². The van der Waals surface area contributed by atoms with Crippen LogP contribution in [-0.2, 0) is 0 Å². The molecule has 1 rings (SSSR count). The molecule has 2 nitrogen and oxygen atoms in total. The molecule has 0 fully saturated rings. The number of hydrogen-bond acceptors (Lipinski definition) is 2. The maximum atomic E-state index is 5.91. The molecule has 1 aromatic rings. The van der Waals surface area contributed by atoms with Crippen molar-refractivity contribution in [2.24, 2.45) is 5.84 Å². The zero-order chi connectivity index (χ0) is 10.6. The van der Waals surface area contributed by atoms with E-state index in [-0.39, 0.29) is 6.04 Å². The van der Waals surface area contributed by atoms with Gasteiger partial charge in [-0.25, -0.2) is 0 Å². The summed E-state index contributed by atoms with van der Waals surface area (Å²) < 4.78 is 0.910. The van der Waals surface area contributed by atoms with E-state index in [2.05, 4.69) is 28.3 Å². The van der Waals surface area contributed by atoms with E-state index in [1.54, 1.807) is 0 Å². The normalized spacial score (nSPS) is 12.9. The summed E-state index contributed by atoms with van der Waals surface area (Å²) in [6.07, 6.45) is 2.11. The monoisotopic (exact) mass is 276 g/mol. The van der Waals surface area contributed by atoms with Crippen LogP contribution in [0.3, 0.4) is 0 Å². The van der Waals surface area contributed by atoms with Crippen LogP contribution >= 0.6 is 27.5 Å². The highest BCUT2D eigenvalue weighted by molar-refractivity contribution is 9.10. The summed E-state index contributed by atoms with van der Waals surface area (Å²) in [5.41, 5.74) is 3.96. The predicted molar refractivity (Wildman–Crippen MR) is 64.1 cm³/mol. The highest BCUT2D eigenvalue weighted by Crippen LogP contribution is 2.27. The molecule has 0 spiro atoms. The second kappa shape index (κ2) is 5.71. The summed E-state index contributed by atoms with van der Waals surface area (Å²) >= 11 is 9.30. The lowest BCUT2D eigenvalue weighted by molar-refractivity contribution is 0.510. The molecule has 0 aliphatic carbocycles. The van der Waals surface area contributed by atoms with E-state index < -0.39 is 0 Å². The minimum absolute atomic E-state index is 0.202. The van der Waals surface area contributed by atoms with Crippen LogP contribution in [-0.4, -0.2) is 0 Å². The van der Waals surface area contributed by atoms with Gasteiger partial charge in [-0.1, -0.05) is 31.0 Å². The molecule has 1 atom stereocenters. The molecule has 4 heteroatoms. The molecular formula is C10H14BrClN2. The Morgan fingerprint density at radius 3 is 2.79 bits per heavy atom. The van der Waals surface area contributed by atoms with Gasteiger partial charge in [-0.15, -0.1) is 0 Å². The minimum Gasteiger partial charge on any atom is -0.271 e. The second-order valence-corrected chi connectivity index (χ2v) is 4.44. The van der Waals surface area contributed by atoms with Gasteiger partial charge in [0.2, 0.25) is 0 Å². The zero-order valence-corrected chi connectivity index (χ0v) is 10.4. The Kier molecular flexibility index (Phi) is 4.89. The fourth-order valence-electron chi connectivity index (χ4n) is 1.36. The molecule has 0 aliphatic rings. The highest BCUT2D eigenvalue weighted by atomic mass is 79.9. The molecule has 3 N–H and O–H groups in total. The molecular weight excluding hydrogens is 263 g/mol. The van der Waals surface area contributed by atoms with Gasteiger partial charge in [-0.05, 0) is 40.0 Å². The number of hydrazine groups is 1. The Morgan fingerprint density at radius 1 is 1.57 bits per heavy atom. The van der Waals surface area contributed by atoms with E-state index in [1.807, 2.05) is 18.2 Å². The van der Waals surface area contributed by atoms with Crippen LogP contribution in [0.5, 0.6) is 0 Å². The van der Waals surface area contributed by atoms with Gasteiger partial charge in [0.25, 0.3) is 0 Å². The average Bonchev–Trinajstić information content (AvgIpc) is 2.19. The number of benzene rings is 1. The lowest BCUT2D eigenvalue weighted by Crippen LogP contribution is -2.27. The Bertz CT molecular complexity index is 304. The van der Waals surface area contributed by atoms with E-state index in [4.69, 9.17) is 17.4 Å². The van der Waals surface area contributed by atoms with Gasteiger partial charge in [0.05, 0.1) is 5.02 Å². The molecule has 1 aromatic carbocycles. The van der Waals surface area contributed by atoms with Gasteiger partial charge in [0.15, 0.2) is 0 Å². The molecule has 0 aliphatic heterocycles. The Hall–Kier alpha value is -0.0900. The highest BCUT2D eigenvalue weighted by Gasteiger charge is 2.09. The van der Waals surface area contributed by atoms with Gasteiger partial charge in [-0.3, -0.25) is 11.3 Å². The first-order chi connectivity index (χ1) is 6.69. The first-order valence-corrected chi connectivity index (χ1v) is 5.77. The Balaban J connectivity index is 2.88. The third kappa shape index (κ3) is 2.95. The molecule has 0 bridgehead atoms. The zero-order valence-electron chi connectivity index (χ0n) is 8.06. The van der Waals surface area contributed by atoms with Gasteiger partial charge >= 0.3 is 0 Å². The lowest BCUT2D eigenvalue weighted by atomic mass is 10.0. The van der Waals surface area contributed by atoms with Crippen molar-refractivity contribution in [3.63, 3.8) is 0 Å². The van der Waals surface area contributed by atoms with Crippen LogP contribution in [0.2, 0.25) is 5.02 Å².